The lowest BCUT2D eigenvalue weighted by Gasteiger charge is -2.32. The predicted molar refractivity (Wildman–Crippen MR) is 104 cm³/mol. The van der Waals surface area contributed by atoms with Gasteiger partial charge < -0.3 is 9.84 Å². The second-order valence-corrected chi connectivity index (χ2v) is 7.31. The van der Waals surface area contributed by atoms with Crippen molar-refractivity contribution >= 4 is 5.97 Å². The molecule has 0 radical (unpaired) electrons. The van der Waals surface area contributed by atoms with Crippen LogP contribution in [0, 0.1) is 5.41 Å². The maximum absolute atomic E-state index is 11.4. The van der Waals surface area contributed by atoms with Gasteiger partial charge in [0.15, 0.2) is 0 Å². The number of allylic oxidation sites excluding steroid dienone is 9. The second kappa shape index (κ2) is 10.2. The van der Waals surface area contributed by atoms with Crippen LogP contribution in [0.4, 0.5) is 0 Å². The van der Waals surface area contributed by atoms with E-state index in [0.717, 1.165) is 11.1 Å². The Morgan fingerprint density at radius 2 is 1.96 bits per heavy atom. The molecule has 0 bridgehead atoms. The van der Waals surface area contributed by atoms with Crippen LogP contribution in [0.15, 0.2) is 58.7 Å². The molecule has 0 atom stereocenters. The number of hydrogen-bond acceptors (Lipinski definition) is 3. The highest BCUT2D eigenvalue weighted by Crippen LogP contribution is 2.40. The fourth-order valence-corrected chi connectivity index (χ4v) is 3.05. The number of esters is 1. The summed E-state index contributed by atoms with van der Waals surface area (Å²) in [5.74, 6) is -0.432. The van der Waals surface area contributed by atoms with Gasteiger partial charge in [0.1, 0.15) is 6.61 Å². The van der Waals surface area contributed by atoms with Crippen molar-refractivity contribution in [2.75, 3.05) is 13.2 Å². The molecule has 0 heterocycles. The van der Waals surface area contributed by atoms with E-state index < -0.39 is 5.97 Å². The molecular weight excluding hydrogens is 312 g/mol. The Kier molecular flexibility index (Phi) is 8.64. The minimum atomic E-state index is -0.432. The number of aliphatic hydroxyl groups is 1. The van der Waals surface area contributed by atoms with Gasteiger partial charge in [-0.15, -0.1) is 0 Å². The van der Waals surface area contributed by atoms with Crippen LogP contribution in [0.2, 0.25) is 0 Å². The van der Waals surface area contributed by atoms with Gasteiger partial charge in [-0.2, -0.15) is 0 Å². The van der Waals surface area contributed by atoms with E-state index in [2.05, 4.69) is 39.8 Å². The molecule has 0 saturated heterocycles. The highest BCUT2D eigenvalue weighted by atomic mass is 16.5. The molecular formula is C22H32O3. The molecule has 0 saturated carbocycles. The fraction of sp³-hybridized carbons (Fsp3) is 0.500. The second-order valence-electron chi connectivity index (χ2n) is 7.31. The van der Waals surface area contributed by atoms with Crippen molar-refractivity contribution in [3.8, 4) is 0 Å². The largest absolute Gasteiger partial charge is 0.460 e. The van der Waals surface area contributed by atoms with Crippen molar-refractivity contribution in [3.63, 3.8) is 0 Å². The Balaban J connectivity index is 2.69. The van der Waals surface area contributed by atoms with Crippen LogP contribution < -0.4 is 0 Å². The molecule has 1 N–H and O–H groups in total. The number of carbonyl (C=O) groups is 1. The van der Waals surface area contributed by atoms with Gasteiger partial charge in [-0.3, -0.25) is 0 Å². The minimum Gasteiger partial charge on any atom is -0.460 e. The molecule has 0 aromatic heterocycles. The lowest BCUT2D eigenvalue weighted by atomic mass is 9.72. The van der Waals surface area contributed by atoms with Crippen LogP contribution in [0.3, 0.4) is 0 Å². The van der Waals surface area contributed by atoms with E-state index in [1.165, 1.54) is 36.5 Å². The highest BCUT2D eigenvalue weighted by molar-refractivity contribution is 5.83. The van der Waals surface area contributed by atoms with Crippen LogP contribution in [0.1, 0.15) is 53.9 Å². The first-order valence-electron chi connectivity index (χ1n) is 8.95. The van der Waals surface area contributed by atoms with E-state index >= 15 is 0 Å². The molecule has 138 valence electrons. The smallest absolute Gasteiger partial charge is 0.331 e. The van der Waals surface area contributed by atoms with E-state index in [1.54, 1.807) is 0 Å². The SMILES string of the molecule is CC(C=CC1=C(C)CCCC1(C)C)=CC=CC(C)=CC(=O)OCCO. The van der Waals surface area contributed by atoms with Gasteiger partial charge in [-0.1, -0.05) is 55.4 Å². The zero-order chi connectivity index (χ0) is 18.9. The fourth-order valence-electron chi connectivity index (χ4n) is 3.05. The van der Waals surface area contributed by atoms with Gasteiger partial charge in [0.25, 0.3) is 0 Å². The van der Waals surface area contributed by atoms with Gasteiger partial charge in [-0.05, 0) is 56.6 Å². The number of rotatable bonds is 7. The molecule has 0 aromatic rings. The van der Waals surface area contributed by atoms with Crippen LogP contribution in [-0.2, 0) is 9.53 Å². The summed E-state index contributed by atoms with van der Waals surface area (Å²) in [6.45, 7) is 10.7. The third kappa shape index (κ3) is 7.70. The van der Waals surface area contributed by atoms with Crippen LogP contribution in [0.25, 0.3) is 0 Å². The van der Waals surface area contributed by atoms with E-state index in [-0.39, 0.29) is 18.6 Å². The number of ether oxygens (including phenoxy) is 1. The summed E-state index contributed by atoms with van der Waals surface area (Å²) in [5, 5.41) is 8.62. The molecule has 0 aliphatic heterocycles. The molecule has 0 spiro atoms. The summed E-state index contributed by atoms with van der Waals surface area (Å²) in [7, 11) is 0. The van der Waals surface area contributed by atoms with Gasteiger partial charge >= 0.3 is 5.97 Å². The van der Waals surface area contributed by atoms with Gasteiger partial charge in [0.2, 0.25) is 0 Å². The first-order valence-corrected chi connectivity index (χ1v) is 8.95. The maximum Gasteiger partial charge on any atom is 0.331 e. The highest BCUT2D eigenvalue weighted by Gasteiger charge is 2.26. The van der Waals surface area contributed by atoms with Crippen LogP contribution in [-0.4, -0.2) is 24.3 Å². The quantitative estimate of drug-likeness (QED) is 0.399. The standard InChI is InChI=1S/C22H32O3/c1-17(8-6-9-18(2)16-21(24)25-15-14-23)11-12-20-19(3)10-7-13-22(20,4)5/h6,8-9,11-12,16,23H,7,10,13-15H2,1-5H3. The monoisotopic (exact) mass is 344 g/mol. The zero-order valence-electron chi connectivity index (χ0n) is 16.3. The van der Waals surface area contributed by atoms with E-state index in [1.807, 2.05) is 25.2 Å². The Morgan fingerprint density at radius 3 is 2.60 bits per heavy atom. The van der Waals surface area contributed by atoms with Gasteiger partial charge in [-0.25, -0.2) is 4.79 Å². The summed E-state index contributed by atoms with van der Waals surface area (Å²) in [6, 6.07) is 0. The van der Waals surface area contributed by atoms with Crippen molar-refractivity contribution in [2.45, 2.75) is 53.9 Å². The first kappa shape index (κ1) is 21.2. The predicted octanol–water partition coefficient (Wildman–Crippen LogP) is 5.05. The van der Waals surface area contributed by atoms with Crippen molar-refractivity contribution < 1.29 is 14.6 Å². The van der Waals surface area contributed by atoms with Crippen molar-refractivity contribution in [1.82, 2.24) is 0 Å². The molecule has 25 heavy (non-hydrogen) atoms. The molecule has 1 aliphatic rings. The molecule has 3 nitrogen and oxygen atoms in total. The van der Waals surface area contributed by atoms with Crippen molar-refractivity contribution in [2.24, 2.45) is 5.41 Å². The zero-order valence-corrected chi connectivity index (χ0v) is 16.3. The van der Waals surface area contributed by atoms with Crippen LogP contribution in [0.5, 0.6) is 0 Å². The summed E-state index contributed by atoms with van der Waals surface area (Å²) in [5.41, 5.74) is 5.18. The first-order chi connectivity index (χ1) is 11.8. The summed E-state index contributed by atoms with van der Waals surface area (Å²) in [4.78, 5) is 11.4. The third-order valence-electron chi connectivity index (χ3n) is 4.45. The molecule has 0 amide bonds. The Labute approximate surface area is 152 Å². The van der Waals surface area contributed by atoms with Crippen molar-refractivity contribution in [1.29, 1.82) is 0 Å². The summed E-state index contributed by atoms with van der Waals surface area (Å²) >= 11 is 0. The lowest BCUT2D eigenvalue weighted by Crippen LogP contribution is -2.19. The van der Waals surface area contributed by atoms with E-state index in [9.17, 15) is 4.79 Å². The minimum absolute atomic E-state index is 0.0295. The van der Waals surface area contributed by atoms with Gasteiger partial charge in [0, 0.05) is 6.08 Å². The number of hydrogen-bond donors (Lipinski definition) is 1. The lowest BCUT2D eigenvalue weighted by molar-refractivity contribution is -0.138. The third-order valence-corrected chi connectivity index (χ3v) is 4.45. The van der Waals surface area contributed by atoms with E-state index in [0.29, 0.717) is 0 Å². The summed E-state index contributed by atoms with van der Waals surface area (Å²) in [6.07, 6.45) is 15.4. The van der Waals surface area contributed by atoms with Crippen LogP contribution >= 0.6 is 0 Å². The molecule has 1 rings (SSSR count). The van der Waals surface area contributed by atoms with E-state index in [4.69, 9.17) is 9.84 Å². The maximum atomic E-state index is 11.4. The Bertz CT molecular complexity index is 613. The number of aliphatic hydroxyl groups excluding tert-OH is 1. The number of carbonyl (C=O) groups excluding carboxylic acids is 1. The molecule has 0 fully saturated rings. The Hall–Kier alpha value is -1.87. The average molecular weight is 344 g/mol. The van der Waals surface area contributed by atoms with Crippen molar-refractivity contribution in [3.05, 3.63) is 58.7 Å². The molecule has 0 unspecified atom stereocenters. The molecule has 3 heteroatoms. The summed E-state index contributed by atoms with van der Waals surface area (Å²) < 4.78 is 4.79. The topological polar surface area (TPSA) is 46.5 Å². The normalized spacial score (nSPS) is 19.1. The molecule has 1 aliphatic carbocycles. The van der Waals surface area contributed by atoms with Gasteiger partial charge in [0.05, 0.1) is 6.61 Å². The Morgan fingerprint density at radius 1 is 1.24 bits per heavy atom. The average Bonchev–Trinajstić information content (AvgIpc) is 2.51. The molecule has 0 aromatic carbocycles.